The minimum Gasteiger partial charge on any atom is -0.271 e. The van der Waals surface area contributed by atoms with Crippen LogP contribution in [0.15, 0.2) is 18.2 Å². The van der Waals surface area contributed by atoms with Gasteiger partial charge in [-0.1, -0.05) is 38.4 Å². The number of rotatable bonds is 5. The number of nitrogens with two attached hydrogens (primary N) is 1. The van der Waals surface area contributed by atoms with Crippen molar-refractivity contribution < 1.29 is 4.39 Å². The Morgan fingerprint density at radius 1 is 1.47 bits per heavy atom. The van der Waals surface area contributed by atoms with E-state index in [4.69, 9.17) is 17.4 Å². The maximum absolute atomic E-state index is 13.7. The third-order valence-electron chi connectivity index (χ3n) is 3.53. The third kappa shape index (κ3) is 3.41. The highest BCUT2D eigenvalue weighted by Crippen LogP contribution is 2.29. The SMILES string of the molecule is CCC(C)(C)C(Cc1c(F)cccc1Cl)NN. The van der Waals surface area contributed by atoms with E-state index >= 15 is 0 Å². The summed E-state index contributed by atoms with van der Waals surface area (Å²) >= 11 is 6.02. The van der Waals surface area contributed by atoms with Crippen molar-refractivity contribution in [2.75, 3.05) is 0 Å². The lowest BCUT2D eigenvalue weighted by molar-refractivity contribution is 0.230. The fraction of sp³-hybridized carbons (Fsp3) is 0.538. The van der Waals surface area contributed by atoms with Gasteiger partial charge in [0.1, 0.15) is 5.82 Å². The van der Waals surface area contributed by atoms with Gasteiger partial charge in [0.2, 0.25) is 0 Å². The van der Waals surface area contributed by atoms with E-state index < -0.39 is 0 Å². The first-order valence-corrected chi connectivity index (χ1v) is 6.19. The number of nitrogens with one attached hydrogen (secondary N) is 1. The Morgan fingerprint density at radius 2 is 2.12 bits per heavy atom. The van der Waals surface area contributed by atoms with E-state index in [2.05, 4.69) is 26.2 Å². The highest BCUT2D eigenvalue weighted by Gasteiger charge is 2.28. The molecule has 0 aromatic heterocycles. The van der Waals surface area contributed by atoms with Crippen LogP contribution in [0, 0.1) is 11.2 Å². The molecule has 0 spiro atoms. The third-order valence-corrected chi connectivity index (χ3v) is 3.88. The van der Waals surface area contributed by atoms with E-state index in [1.54, 1.807) is 12.1 Å². The van der Waals surface area contributed by atoms with Gasteiger partial charge in [0.25, 0.3) is 0 Å². The molecule has 0 fully saturated rings. The van der Waals surface area contributed by atoms with Gasteiger partial charge in [-0.25, -0.2) is 4.39 Å². The van der Waals surface area contributed by atoms with E-state index in [1.807, 2.05) is 0 Å². The van der Waals surface area contributed by atoms with Crippen LogP contribution in [0.25, 0.3) is 0 Å². The number of benzene rings is 1. The van der Waals surface area contributed by atoms with Crippen LogP contribution in [-0.2, 0) is 6.42 Å². The quantitative estimate of drug-likeness (QED) is 0.628. The minimum atomic E-state index is -0.273. The van der Waals surface area contributed by atoms with Crippen LogP contribution in [0.1, 0.15) is 32.8 Å². The average Bonchev–Trinajstić information content (AvgIpc) is 2.28. The second-order valence-corrected chi connectivity index (χ2v) is 5.37. The van der Waals surface area contributed by atoms with Gasteiger partial charge in [-0.3, -0.25) is 11.3 Å². The van der Waals surface area contributed by atoms with E-state index in [-0.39, 0.29) is 17.3 Å². The lowest BCUT2D eigenvalue weighted by atomic mass is 9.79. The molecule has 0 saturated carbocycles. The van der Waals surface area contributed by atoms with Crippen LogP contribution in [0.2, 0.25) is 5.02 Å². The lowest BCUT2D eigenvalue weighted by Crippen LogP contribution is -2.47. The number of halogens is 2. The number of hydrogen-bond acceptors (Lipinski definition) is 2. The highest BCUT2D eigenvalue weighted by atomic mass is 35.5. The second-order valence-electron chi connectivity index (χ2n) is 4.97. The topological polar surface area (TPSA) is 38.0 Å². The largest absolute Gasteiger partial charge is 0.271 e. The van der Waals surface area contributed by atoms with Gasteiger partial charge in [0.05, 0.1) is 0 Å². The Bertz CT molecular complexity index is 359. The van der Waals surface area contributed by atoms with Crippen LogP contribution in [-0.4, -0.2) is 6.04 Å². The van der Waals surface area contributed by atoms with E-state index in [0.717, 1.165) is 6.42 Å². The summed E-state index contributed by atoms with van der Waals surface area (Å²) in [5.41, 5.74) is 3.28. The number of hydrogen-bond donors (Lipinski definition) is 2. The first-order chi connectivity index (χ1) is 7.92. The zero-order valence-electron chi connectivity index (χ0n) is 10.6. The summed E-state index contributed by atoms with van der Waals surface area (Å²) in [6.07, 6.45) is 1.44. The predicted molar refractivity (Wildman–Crippen MR) is 70.3 cm³/mol. The maximum atomic E-state index is 13.7. The molecule has 0 aliphatic carbocycles. The van der Waals surface area contributed by atoms with Crippen LogP contribution in [0.3, 0.4) is 0 Å². The van der Waals surface area contributed by atoms with Gasteiger partial charge in [-0.2, -0.15) is 0 Å². The Labute approximate surface area is 107 Å². The van der Waals surface area contributed by atoms with Crippen LogP contribution >= 0.6 is 11.6 Å². The van der Waals surface area contributed by atoms with Crippen molar-refractivity contribution in [3.05, 3.63) is 34.6 Å². The van der Waals surface area contributed by atoms with Crippen molar-refractivity contribution in [1.29, 1.82) is 0 Å². The Hall–Kier alpha value is -0.640. The molecule has 0 bridgehead atoms. The molecule has 3 N–H and O–H groups in total. The van der Waals surface area contributed by atoms with Crippen LogP contribution < -0.4 is 11.3 Å². The molecular formula is C13H20ClFN2. The van der Waals surface area contributed by atoms with Crippen molar-refractivity contribution in [3.63, 3.8) is 0 Å². The molecule has 4 heteroatoms. The van der Waals surface area contributed by atoms with Crippen molar-refractivity contribution in [2.24, 2.45) is 11.3 Å². The van der Waals surface area contributed by atoms with E-state index in [1.165, 1.54) is 6.07 Å². The predicted octanol–water partition coefficient (Wildman–Crippen LogP) is 3.29. The minimum absolute atomic E-state index is 0.0121. The van der Waals surface area contributed by atoms with Gasteiger partial charge in [-0.15, -0.1) is 0 Å². The smallest absolute Gasteiger partial charge is 0.127 e. The molecule has 1 unspecified atom stereocenters. The molecule has 96 valence electrons. The Balaban J connectivity index is 2.96. The fourth-order valence-electron chi connectivity index (χ4n) is 1.74. The summed E-state index contributed by atoms with van der Waals surface area (Å²) in [4.78, 5) is 0. The molecule has 2 nitrogen and oxygen atoms in total. The van der Waals surface area contributed by atoms with Crippen molar-refractivity contribution >= 4 is 11.6 Å². The zero-order chi connectivity index (χ0) is 13.1. The molecule has 1 aromatic carbocycles. The molecule has 0 aliphatic rings. The van der Waals surface area contributed by atoms with Gasteiger partial charge < -0.3 is 0 Å². The highest BCUT2D eigenvalue weighted by molar-refractivity contribution is 6.31. The van der Waals surface area contributed by atoms with Crippen molar-refractivity contribution in [3.8, 4) is 0 Å². The fourth-order valence-corrected chi connectivity index (χ4v) is 1.98. The van der Waals surface area contributed by atoms with Gasteiger partial charge in [0.15, 0.2) is 0 Å². The average molecular weight is 259 g/mol. The molecule has 1 aromatic rings. The zero-order valence-corrected chi connectivity index (χ0v) is 11.3. The summed E-state index contributed by atoms with van der Waals surface area (Å²) in [6, 6.07) is 4.72. The van der Waals surface area contributed by atoms with Gasteiger partial charge in [0, 0.05) is 16.6 Å². The van der Waals surface area contributed by atoms with Gasteiger partial charge in [-0.05, 0) is 30.4 Å². The van der Waals surface area contributed by atoms with Crippen LogP contribution in [0.4, 0.5) is 4.39 Å². The van der Waals surface area contributed by atoms with Crippen LogP contribution in [0.5, 0.6) is 0 Å². The summed E-state index contributed by atoms with van der Waals surface area (Å²) in [6.45, 7) is 6.30. The standard InChI is InChI=1S/C13H20ClFN2/c1-4-13(2,3)12(17-16)8-9-10(14)6-5-7-11(9)15/h5-7,12,17H,4,8,16H2,1-3H3. The second kappa shape index (κ2) is 5.80. The van der Waals surface area contributed by atoms with E-state index in [0.29, 0.717) is 17.0 Å². The number of hydrazine groups is 1. The summed E-state index contributed by atoms with van der Waals surface area (Å²) < 4.78 is 13.7. The van der Waals surface area contributed by atoms with Gasteiger partial charge >= 0.3 is 0 Å². The molecule has 0 radical (unpaired) electrons. The molecule has 0 heterocycles. The summed E-state index contributed by atoms with van der Waals surface area (Å²) in [5, 5.41) is 0.456. The molecule has 0 aliphatic heterocycles. The normalized spacial score (nSPS) is 13.8. The molecule has 1 rings (SSSR count). The maximum Gasteiger partial charge on any atom is 0.127 e. The lowest BCUT2D eigenvalue weighted by Gasteiger charge is -2.33. The van der Waals surface area contributed by atoms with Crippen molar-refractivity contribution in [1.82, 2.24) is 5.43 Å². The summed E-state index contributed by atoms with van der Waals surface area (Å²) in [7, 11) is 0. The Kier molecular flexibility index (Phi) is 4.92. The first kappa shape index (κ1) is 14.4. The molecule has 17 heavy (non-hydrogen) atoms. The monoisotopic (exact) mass is 258 g/mol. The first-order valence-electron chi connectivity index (χ1n) is 5.81. The molecule has 1 atom stereocenters. The van der Waals surface area contributed by atoms with Crippen molar-refractivity contribution in [2.45, 2.75) is 39.7 Å². The molecule has 0 amide bonds. The van der Waals surface area contributed by atoms with E-state index in [9.17, 15) is 4.39 Å². The molecule has 0 saturated heterocycles. The Morgan fingerprint density at radius 3 is 2.59 bits per heavy atom. The summed E-state index contributed by atoms with van der Waals surface area (Å²) in [5.74, 6) is 5.29. The molecular weight excluding hydrogens is 239 g/mol.